The molecule has 182 valence electrons. The van der Waals surface area contributed by atoms with Crippen LogP contribution in [0.1, 0.15) is 45.3 Å². The first kappa shape index (κ1) is 25.5. The molecule has 14 heteroatoms. The molecular formula is C20H18F6N6OS. The van der Waals surface area contributed by atoms with E-state index in [9.17, 15) is 31.1 Å². The molecule has 0 fully saturated rings. The van der Waals surface area contributed by atoms with Crippen LogP contribution in [0.25, 0.3) is 10.7 Å². The number of hydrogen-bond acceptors (Lipinski definition) is 7. The molecule has 34 heavy (non-hydrogen) atoms. The van der Waals surface area contributed by atoms with E-state index in [-0.39, 0.29) is 18.0 Å². The number of amides is 1. The van der Waals surface area contributed by atoms with Gasteiger partial charge >= 0.3 is 12.4 Å². The summed E-state index contributed by atoms with van der Waals surface area (Å²) >= 11 is 1.09. The van der Waals surface area contributed by atoms with Gasteiger partial charge in [0.1, 0.15) is 27.0 Å². The van der Waals surface area contributed by atoms with Gasteiger partial charge in [-0.25, -0.2) is 9.97 Å². The number of nitrogens with zero attached hydrogens (tertiary/aromatic N) is 5. The lowest BCUT2D eigenvalue weighted by Crippen LogP contribution is -2.22. The zero-order valence-corrected chi connectivity index (χ0v) is 18.8. The van der Waals surface area contributed by atoms with Gasteiger partial charge in [0, 0.05) is 39.1 Å². The van der Waals surface area contributed by atoms with Crippen molar-refractivity contribution in [2.75, 3.05) is 14.1 Å². The fourth-order valence-corrected chi connectivity index (χ4v) is 3.82. The summed E-state index contributed by atoms with van der Waals surface area (Å²) in [6.07, 6.45) is -5.87. The third kappa shape index (κ3) is 5.86. The Morgan fingerprint density at radius 1 is 1.03 bits per heavy atom. The van der Waals surface area contributed by atoms with Crippen LogP contribution in [-0.4, -0.2) is 44.8 Å². The Balaban J connectivity index is 1.86. The van der Waals surface area contributed by atoms with Crippen LogP contribution in [0.3, 0.4) is 0 Å². The molecule has 0 aliphatic rings. The van der Waals surface area contributed by atoms with Crippen molar-refractivity contribution in [1.29, 1.82) is 0 Å². The van der Waals surface area contributed by atoms with Gasteiger partial charge in [-0.1, -0.05) is 0 Å². The van der Waals surface area contributed by atoms with Crippen molar-refractivity contribution in [3.05, 3.63) is 58.2 Å². The Morgan fingerprint density at radius 3 is 2.18 bits per heavy atom. The summed E-state index contributed by atoms with van der Waals surface area (Å²) < 4.78 is 78.3. The van der Waals surface area contributed by atoms with E-state index in [0.717, 1.165) is 11.3 Å². The van der Waals surface area contributed by atoms with Gasteiger partial charge in [0.15, 0.2) is 0 Å². The topological polar surface area (TPSA) is 83.9 Å². The molecule has 0 bridgehead atoms. The molecule has 3 heterocycles. The maximum absolute atomic E-state index is 13.0. The van der Waals surface area contributed by atoms with Crippen molar-refractivity contribution in [2.45, 2.75) is 31.9 Å². The Labute approximate surface area is 193 Å². The third-order valence-electron chi connectivity index (χ3n) is 4.54. The van der Waals surface area contributed by atoms with E-state index in [4.69, 9.17) is 0 Å². The van der Waals surface area contributed by atoms with Crippen molar-refractivity contribution in [2.24, 2.45) is 0 Å². The third-order valence-corrected chi connectivity index (χ3v) is 5.53. The summed E-state index contributed by atoms with van der Waals surface area (Å²) in [6.45, 7) is 1.30. The van der Waals surface area contributed by atoms with Crippen molar-refractivity contribution >= 4 is 17.2 Å². The lowest BCUT2D eigenvalue weighted by atomic mass is 10.1. The largest absolute Gasteiger partial charge is 0.433 e. The fourth-order valence-electron chi connectivity index (χ4n) is 2.88. The number of rotatable bonds is 6. The zero-order valence-electron chi connectivity index (χ0n) is 18.0. The quantitative estimate of drug-likeness (QED) is 0.495. The van der Waals surface area contributed by atoms with Crippen LogP contribution in [-0.2, 0) is 18.9 Å². The summed E-state index contributed by atoms with van der Waals surface area (Å²) in [5.41, 5.74) is -2.81. The maximum atomic E-state index is 13.0. The second-order valence-corrected chi connectivity index (χ2v) is 8.39. The van der Waals surface area contributed by atoms with Crippen LogP contribution in [0.4, 0.5) is 26.3 Å². The number of carbonyl (C=O) groups is 1. The molecular weight excluding hydrogens is 486 g/mol. The number of alkyl halides is 6. The molecule has 0 aliphatic carbocycles. The van der Waals surface area contributed by atoms with Crippen LogP contribution >= 0.6 is 11.3 Å². The molecule has 0 aliphatic heterocycles. The lowest BCUT2D eigenvalue weighted by Gasteiger charge is -2.17. The molecule has 0 aromatic carbocycles. The minimum absolute atomic E-state index is 0.250. The molecule has 0 spiro atoms. The number of hydrogen-bond donors (Lipinski definition) is 1. The minimum atomic E-state index is -5.04. The normalized spacial score (nSPS) is 13.1. The van der Waals surface area contributed by atoms with Gasteiger partial charge in [-0.3, -0.25) is 14.8 Å². The van der Waals surface area contributed by atoms with E-state index in [1.54, 1.807) is 21.0 Å². The van der Waals surface area contributed by atoms with Gasteiger partial charge in [0.2, 0.25) is 0 Å². The summed E-state index contributed by atoms with van der Waals surface area (Å²) in [7, 11) is 3.18. The first-order chi connectivity index (χ1) is 15.8. The lowest BCUT2D eigenvalue weighted by molar-refractivity contribution is -0.150. The Hall–Kier alpha value is -3.13. The van der Waals surface area contributed by atoms with Gasteiger partial charge in [0.05, 0.1) is 11.9 Å². The molecule has 1 atom stereocenters. The van der Waals surface area contributed by atoms with Crippen molar-refractivity contribution in [3.63, 3.8) is 0 Å². The highest BCUT2D eigenvalue weighted by atomic mass is 32.1. The van der Waals surface area contributed by atoms with E-state index in [1.807, 2.05) is 0 Å². The monoisotopic (exact) mass is 504 g/mol. The summed E-state index contributed by atoms with van der Waals surface area (Å²) in [6, 6.07) is 0.497. The SMILES string of the molecule is C[C@H](NCc1cc(C(F)(F)F)nc(C(F)(F)F)c1)c1nccnc1-c1ncc(C(=O)N(C)C)s1. The van der Waals surface area contributed by atoms with Gasteiger partial charge in [-0.15, -0.1) is 11.3 Å². The summed E-state index contributed by atoms with van der Waals surface area (Å²) in [5.74, 6) is -0.251. The van der Waals surface area contributed by atoms with E-state index in [1.165, 1.54) is 23.5 Å². The molecule has 0 unspecified atom stereocenters. The number of thiazole rings is 1. The Bertz CT molecular complexity index is 1140. The fraction of sp³-hybridized carbons (Fsp3) is 0.350. The molecule has 3 aromatic heterocycles. The van der Waals surface area contributed by atoms with Crippen molar-refractivity contribution in [3.8, 4) is 10.7 Å². The number of carbonyl (C=O) groups excluding carboxylic acids is 1. The highest BCUT2D eigenvalue weighted by molar-refractivity contribution is 7.16. The summed E-state index contributed by atoms with van der Waals surface area (Å²) in [4.78, 5) is 29.3. The van der Waals surface area contributed by atoms with E-state index in [2.05, 4.69) is 25.3 Å². The molecule has 3 rings (SSSR count). The van der Waals surface area contributed by atoms with Crippen LogP contribution in [0.5, 0.6) is 0 Å². The predicted molar refractivity (Wildman–Crippen MR) is 111 cm³/mol. The smallest absolute Gasteiger partial charge is 0.344 e. The van der Waals surface area contributed by atoms with Gasteiger partial charge in [-0.2, -0.15) is 26.3 Å². The molecule has 3 aromatic rings. The number of halogens is 6. The van der Waals surface area contributed by atoms with Gasteiger partial charge in [-0.05, 0) is 24.6 Å². The van der Waals surface area contributed by atoms with Crippen molar-refractivity contribution in [1.82, 2.24) is 30.2 Å². The van der Waals surface area contributed by atoms with Crippen LogP contribution in [0, 0.1) is 0 Å². The Kier molecular flexibility index (Phi) is 7.21. The molecule has 0 saturated carbocycles. The van der Waals surface area contributed by atoms with Gasteiger partial charge in [0.25, 0.3) is 5.91 Å². The molecule has 0 saturated heterocycles. The number of aromatic nitrogens is 4. The average molecular weight is 504 g/mol. The zero-order chi connectivity index (χ0) is 25.3. The minimum Gasteiger partial charge on any atom is -0.344 e. The highest BCUT2D eigenvalue weighted by Crippen LogP contribution is 2.34. The Morgan fingerprint density at radius 2 is 1.62 bits per heavy atom. The van der Waals surface area contributed by atoms with E-state index >= 15 is 0 Å². The number of nitrogens with one attached hydrogen (secondary N) is 1. The van der Waals surface area contributed by atoms with Crippen LogP contribution in [0.2, 0.25) is 0 Å². The second-order valence-electron chi connectivity index (χ2n) is 7.36. The standard InChI is InChI=1S/C20H18F6N6OS/c1-10(29-8-11-6-13(19(21,22)23)31-14(7-11)20(24,25)26)15-16(28-5-4-27-15)17-30-9-12(34-17)18(33)32(2)3/h4-7,9-10,29H,8H2,1-3H3/t10-/m0/s1. The highest BCUT2D eigenvalue weighted by Gasteiger charge is 2.38. The molecule has 0 radical (unpaired) electrons. The predicted octanol–water partition coefficient (Wildman–Crippen LogP) is 4.59. The first-order valence-corrected chi connectivity index (χ1v) is 10.5. The molecule has 1 amide bonds. The maximum Gasteiger partial charge on any atom is 0.433 e. The second kappa shape index (κ2) is 9.62. The number of pyridine rings is 1. The van der Waals surface area contributed by atoms with Gasteiger partial charge < -0.3 is 10.2 Å². The van der Waals surface area contributed by atoms with Crippen LogP contribution in [0.15, 0.2) is 30.7 Å². The first-order valence-electron chi connectivity index (χ1n) is 9.65. The van der Waals surface area contributed by atoms with Crippen LogP contribution < -0.4 is 5.32 Å². The average Bonchev–Trinajstić information content (AvgIpc) is 3.25. The van der Waals surface area contributed by atoms with E-state index in [0.29, 0.717) is 33.4 Å². The molecule has 7 nitrogen and oxygen atoms in total. The van der Waals surface area contributed by atoms with E-state index < -0.39 is 29.8 Å². The summed E-state index contributed by atoms with van der Waals surface area (Å²) in [5, 5.41) is 3.26. The molecule has 1 N–H and O–H groups in total. The van der Waals surface area contributed by atoms with Crippen molar-refractivity contribution < 1.29 is 31.1 Å².